The summed E-state index contributed by atoms with van der Waals surface area (Å²) in [4.78, 5) is 2.30. The fourth-order valence-corrected chi connectivity index (χ4v) is 2.03. The summed E-state index contributed by atoms with van der Waals surface area (Å²) < 4.78 is 5.51. The summed E-state index contributed by atoms with van der Waals surface area (Å²) in [6.45, 7) is 2.31. The van der Waals surface area contributed by atoms with E-state index in [1.165, 1.54) is 17.7 Å². The third kappa shape index (κ3) is 2.23. The molecular formula is C12H18N2O. The lowest BCUT2D eigenvalue weighted by molar-refractivity contribution is 0.328. The van der Waals surface area contributed by atoms with Crippen molar-refractivity contribution in [2.45, 2.75) is 12.8 Å². The minimum atomic E-state index is 0.566. The molecule has 3 nitrogen and oxygen atoms in total. The quantitative estimate of drug-likeness (QED) is 0.812. The van der Waals surface area contributed by atoms with E-state index >= 15 is 0 Å². The Hall–Kier alpha value is -1.22. The zero-order valence-corrected chi connectivity index (χ0v) is 9.20. The van der Waals surface area contributed by atoms with Crippen molar-refractivity contribution < 1.29 is 4.74 Å². The minimum absolute atomic E-state index is 0.566. The summed E-state index contributed by atoms with van der Waals surface area (Å²) in [6, 6.07) is 6.30. The van der Waals surface area contributed by atoms with Crippen LogP contribution in [0.5, 0.6) is 5.75 Å². The van der Waals surface area contributed by atoms with E-state index in [1.807, 2.05) is 6.07 Å². The van der Waals surface area contributed by atoms with Gasteiger partial charge in [-0.05, 0) is 36.6 Å². The van der Waals surface area contributed by atoms with E-state index in [9.17, 15) is 0 Å². The topological polar surface area (TPSA) is 38.5 Å². The summed E-state index contributed by atoms with van der Waals surface area (Å²) >= 11 is 0. The maximum absolute atomic E-state index is 5.51. The van der Waals surface area contributed by atoms with Crippen LogP contribution in [-0.4, -0.2) is 26.7 Å². The lowest BCUT2D eigenvalue weighted by Gasteiger charge is -2.27. The third-order valence-electron chi connectivity index (χ3n) is 2.79. The van der Waals surface area contributed by atoms with Crippen LogP contribution in [0.25, 0.3) is 0 Å². The molecule has 0 fully saturated rings. The highest BCUT2D eigenvalue weighted by molar-refractivity contribution is 5.57. The molecule has 1 aliphatic rings. The Morgan fingerprint density at radius 3 is 3.13 bits per heavy atom. The molecule has 0 saturated heterocycles. The predicted octanol–water partition coefficient (Wildman–Crippen LogP) is 1.41. The highest BCUT2D eigenvalue weighted by Crippen LogP contribution is 2.29. The summed E-state index contributed by atoms with van der Waals surface area (Å²) in [5, 5.41) is 0. The van der Waals surface area contributed by atoms with Gasteiger partial charge < -0.3 is 15.4 Å². The summed E-state index contributed by atoms with van der Waals surface area (Å²) in [5.41, 5.74) is 8.12. The van der Waals surface area contributed by atoms with E-state index in [-0.39, 0.29) is 0 Å². The zero-order valence-electron chi connectivity index (χ0n) is 9.20. The van der Waals surface area contributed by atoms with Crippen LogP contribution in [0.3, 0.4) is 0 Å². The van der Waals surface area contributed by atoms with Gasteiger partial charge in [0.2, 0.25) is 0 Å². The number of rotatable bonds is 3. The highest BCUT2D eigenvalue weighted by Gasteiger charge is 2.13. The molecule has 0 amide bonds. The average Bonchev–Trinajstić information content (AvgIpc) is 2.26. The van der Waals surface area contributed by atoms with Crippen molar-refractivity contribution in [1.29, 1.82) is 0 Å². The summed E-state index contributed by atoms with van der Waals surface area (Å²) in [6.07, 6.45) is 2.38. The van der Waals surface area contributed by atoms with Crippen LogP contribution in [-0.2, 0) is 6.42 Å². The molecule has 15 heavy (non-hydrogen) atoms. The van der Waals surface area contributed by atoms with Crippen LogP contribution in [0, 0.1) is 0 Å². The molecule has 0 atom stereocenters. The lowest BCUT2D eigenvalue weighted by atomic mass is 10.0. The van der Waals surface area contributed by atoms with Crippen LogP contribution in [0.2, 0.25) is 0 Å². The number of fused-ring (bicyclic) bond motifs is 1. The molecule has 0 saturated carbocycles. The van der Waals surface area contributed by atoms with E-state index < -0.39 is 0 Å². The average molecular weight is 206 g/mol. The van der Waals surface area contributed by atoms with E-state index in [1.54, 1.807) is 0 Å². The maximum Gasteiger partial charge on any atom is 0.119 e. The Morgan fingerprint density at radius 1 is 1.47 bits per heavy atom. The molecule has 0 radical (unpaired) electrons. The van der Waals surface area contributed by atoms with Crippen molar-refractivity contribution in [3.63, 3.8) is 0 Å². The molecule has 1 aromatic rings. The summed E-state index contributed by atoms with van der Waals surface area (Å²) in [7, 11) is 2.14. The van der Waals surface area contributed by atoms with Gasteiger partial charge >= 0.3 is 0 Å². The molecule has 0 unspecified atom stereocenters. The van der Waals surface area contributed by atoms with Crippen molar-refractivity contribution in [2.24, 2.45) is 5.73 Å². The smallest absolute Gasteiger partial charge is 0.119 e. The number of ether oxygens (including phenoxy) is 1. The molecule has 0 bridgehead atoms. The van der Waals surface area contributed by atoms with Gasteiger partial charge in [-0.15, -0.1) is 0 Å². The first-order valence-electron chi connectivity index (χ1n) is 5.48. The Labute approximate surface area is 90.8 Å². The first-order chi connectivity index (χ1) is 7.31. The number of benzene rings is 1. The molecule has 2 N–H and O–H groups in total. The Balaban J connectivity index is 2.18. The fraction of sp³-hybridized carbons (Fsp3) is 0.500. The Kier molecular flexibility index (Phi) is 3.11. The molecule has 3 heteroatoms. The number of hydrogen-bond donors (Lipinski definition) is 1. The van der Waals surface area contributed by atoms with E-state index in [0.29, 0.717) is 13.2 Å². The first-order valence-corrected chi connectivity index (χ1v) is 5.48. The molecule has 2 rings (SSSR count). The van der Waals surface area contributed by atoms with Gasteiger partial charge in [0.05, 0.1) is 0 Å². The van der Waals surface area contributed by atoms with Gasteiger partial charge in [0.25, 0.3) is 0 Å². The van der Waals surface area contributed by atoms with Crippen molar-refractivity contribution in [3.05, 3.63) is 23.8 Å². The van der Waals surface area contributed by atoms with Crippen molar-refractivity contribution >= 4 is 5.69 Å². The normalized spacial score (nSPS) is 14.9. The molecular weight excluding hydrogens is 188 g/mol. The van der Waals surface area contributed by atoms with Crippen molar-refractivity contribution in [1.82, 2.24) is 0 Å². The molecule has 1 aromatic carbocycles. The lowest BCUT2D eigenvalue weighted by Crippen LogP contribution is -2.24. The van der Waals surface area contributed by atoms with Gasteiger partial charge in [-0.1, -0.05) is 0 Å². The minimum Gasteiger partial charge on any atom is -0.492 e. The van der Waals surface area contributed by atoms with Crippen LogP contribution in [0.15, 0.2) is 18.2 Å². The van der Waals surface area contributed by atoms with Gasteiger partial charge in [0.1, 0.15) is 12.4 Å². The standard InChI is InChI=1S/C12H18N2O/c1-14-7-2-3-10-9-11(15-8-6-13)4-5-12(10)14/h4-5,9H,2-3,6-8,13H2,1H3. The van der Waals surface area contributed by atoms with Gasteiger partial charge in [0, 0.05) is 25.8 Å². The number of nitrogens with zero attached hydrogens (tertiary/aromatic N) is 1. The molecule has 0 aliphatic carbocycles. The third-order valence-corrected chi connectivity index (χ3v) is 2.79. The van der Waals surface area contributed by atoms with E-state index in [2.05, 4.69) is 24.1 Å². The van der Waals surface area contributed by atoms with Crippen molar-refractivity contribution in [2.75, 3.05) is 31.6 Å². The van der Waals surface area contributed by atoms with E-state index in [0.717, 1.165) is 18.7 Å². The maximum atomic E-state index is 5.51. The molecule has 1 aliphatic heterocycles. The fourth-order valence-electron chi connectivity index (χ4n) is 2.03. The largest absolute Gasteiger partial charge is 0.492 e. The Morgan fingerprint density at radius 2 is 2.33 bits per heavy atom. The second-order valence-electron chi connectivity index (χ2n) is 3.95. The number of nitrogens with two attached hydrogens (primary N) is 1. The zero-order chi connectivity index (χ0) is 10.7. The van der Waals surface area contributed by atoms with Crippen LogP contribution < -0.4 is 15.4 Å². The SMILES string of the molecule is CN1CCCc2cc(OCCN)ccc21. The molecule has 0 aromatic heterocycles. The number of aryl methyl sites for hydroxylation is 1. The van der Waals surface area contributed by atoms with Crippen LogP contribution >= 0.6 is 0 Å². The van der Waals surface area contributed by atoms with Crippen molar-refractivity contribution in [3.8, 4) is 5.75 Å². The second kappa shape index (κ2) is 4.53. The van der Waals surface area contributed by atoms with Gasteiger partial charge in [-0.25, -0.2) is 0 Å². The predicted molar refractivity (Wildman–Crippen MR) is 62.6 cm³/mol. The van der Waals surface area contributed by atoms with Crippen LogP contribution in [0.1, 0.15) is 12.0 Å². The highest BCUT2D eigenvalue weighted by atomic mass is 16.5. The molecule has 82 valence electrons. The van der Waals surface area contributed by atoms with Gasteiger partial charge in [-0.2, -0.15) is 0 Å². The Bertz CT molecular complexity index is 338. The number of anilines is 1. The van der Waals surface area contributed by atoms with E-state index in [4.69, 9.17) is 10.5 Å². The monoisotopic (exact) mass is 206 g/mol. The molecule has 0 spiro atoms. The molecule has 1 heterocycles. The summed E-state index contributed by atoms with van der Waals surface area (Å²) in [5.74, 6) is 0.939. The number of hydrogen-bond acceptors (Lipinski definition) is 3. The second-order valence-corrected chi connectivity index (χ2v) is 3.95. The van der Waals surface area contributed by atoms with Gasteiger partial charge in [0.15, 0.2) is 0 Å². The first kappa shape index (κ1) is 10.3. The van der Waals surface area contributed by atoms with Crippen LogP contribution in [0.4, 0.5) is 5.69 Å². The van der Waals surface area contributed by atoms with Gasteiger partial charge in [-0.3, -0.25) is 0 Å².